The van der Waals surface area contributed by atoms with Crippen LogP contribution in [0.2, 0.25) is 5.02 Å². The van der Waals surface area contributed by atoms with E-state index < -0.39 is 5.97 Å². The quantitative estimate of drug-likeness (QED) is 0.761. The fraction of sp³-hybridized carbons (Fsp3) is 0.364. The van der Waals surface area contributed by atoms with Gasteiger partial charge in [0.15, 0.2) is 0 Å². The third kappa shape index (κ3) is 5.40. The first-order chi connectivity index (χ1) is 7.18. The van der Waals surface area contributed by atoms with Gasteiger partial charge in [-0.1, -0.05) is 23.7 Å². The average molecular weight is 229 g/mol. The normalized spacial score (nSPS) is 10.2. The Balaban J connectivity index is 2.15. The summed E-state index contributed by atoms with van der Waals surface area (Å²) in [5, 5.41) is 9.08. The Kier molecular flexibility index (Phi) is 5.15. The second kappa shape index (κ2) is 6.43. The number of halogens is 1. The van der Waals surface area contributed by atoms with Gasteiger partial charge in [-0.2, -0.15) is 0 Å². The lowest BCUT2D eigenvalue weighted by Gasteiger charge is -2.02. The van der Waals surface area contributed by atoms with E-state index in [-0.39, 0.29) is 13.0 Å². The van der Waals surface area contributed by atoms with Crippen LogP contribution < -0.4 is 0 Å². The molecule has 0 saturated heterocycles. The molecular weight excluding hydrogens is 216 g/mol. The summed E-state index contributed by atoms with van der Waals surface area (Å²) in [5.74, 6) is -0.832. The van der Waals surface area contributed by atoms with Gasteiger partial charge in [0.1, 0.15) is 0 Å². The van der Waals surface area contributed by atoms with Crippen molar-refractivity contribution < 1.29 is 14.6 Å². The van der Waals surface area contributed by atoms with Crippen LogP contribution in [0.15, 0.2) is 24.3 Å². The Labute approximate surface area is 93.6 Å². The van der Waals surface area contributed by atoms with Crippen LogP contribution in [0.1, 0.15) is 12.0 Å². The van der Waals surface area contributed by atoms with E-state index in [0.717, 1.165) is 12.0 Å². The van der Waals surface area contributed by atoms with E-state index in [1.165, 1.54) is 0 Å². The maximum atomic E-state index is 10.2. The molecule has 0 spiro atoms. The van der Waals surface area contributed by atoms with Gasteiger partial charge in [-0.05, 0) is 24.1 Å². The Hall–Kier alpha value is -1.06. The third-order valence-corrected chi connectivity index (χ3v) is 2.16. The highest BCUT2D eigenvalue weighted by atomic mass is 35.5. The maximum Gasteiger partial charge on any atom is 0.305 e. The van der Waals surface area contributed by atoms with Crippen LogP contribution in [0.3, 0.4) is 0 Å². The Morgan fingerprint density at radius 3 is 2.53 bits per heavy atom. The third-order valence-electron chi connectivity index (χ3n) is 1.91. The Morgan fingerprint density at radius 2 is 1.93 bits per heavy atom. The first kappa shape index (κ1) is 12.0. The molecule has 82 valence electrons. The predicted molar refractivity (Wildman–Crippen MR) is 58.2 cm³/mol. The summed E-state index contributed by atoms with van der Waals surface area (Å²) >= 11 is 5.73. The smallest absolute Gasteiger partial charge is 0.305 e. The molecule has 15 heavy (non-hydrogen) atoms. The van der Waals surface area contributed by atoms with Crippen molar-refractivity contribution in [3.8, 4) is 0 Å². The van der Waals surface area contributed by atoms with Gasteiger partial charge in [0.05, 0.1) is 19.6 Å². The van der Waals surface area contributed by atoms with Crippen molar-refractivity contribution in [2.24, 2.45) is 0 Å². The van der Waals surface area contributed by atoms with Crippen molar-refractivity contribution in [1.82, 2.24) is 0 Å². The van der Waals surface area contributed by atoms with E-state index >= 15 is 0 Å². The van der Waals surface area contributed by atoms with Crippen LogP contribution in [-0.2, 0) is 16.0 Å². The largest absolute Gasteiger partial charge is 0.481 e. The highest BCUT2D eigenvalue weighted by molar-refractivity contribution is 6.30. The predicted octanol–water partition coefficient (Wildman–Crippen LogP) is 2.37. The van der Waals surface area contributed by atoms with Crippen molar-refractivity contribution in [2.45, 2.75) is 12.8 Å². The van der Waals surface area contributed by atoms with Gasteiger partial charge in [-0.25, -0.2) is 0 Å². The number of hydrogen-bond acceptors (Lipinski definition) is 2. The van der Waals surface area contributed by atoms with Crippen molar-refractivity contribution in [3.63, 3.8) is 0 Å². The van der Waals surface area contributed by atoms with E-state index in [1.54, 1.807) is 0 Å². The summed E-state index contributed by atoms with van der Waals surface area (Å²) in [7, 11) is 0. The molecule has 0 saturated carbocycles. The summed E-state index contributed by atoms with van der Waals surface area (Å²) in [6.07, 6.45) is 0.831. The zero-order valence-corrected chi connectivity index (χ0v) is 9.04. The van der Waals surface area contributed by atoms with Crippen molar-refractivity contribution in [2.75, 3.05) is 13.2 Å². The zero-order chi connectivity index (χ0) is 11.1. The van der Waals surface area contributed by atoms with Crippen LogP contribution in [0.4, 0.5) is 0 Å². The molecule has 4 heteroatoms. The number of benzene rings is 1. The number of aliphatic carboxylic acids is 1. The van der Waals surface area contributed by atoms with Gasteiger partial charge in [-0.3, -0.25) is 4.79 Å². The van der Waals surface area contributed by atoms with Gasteiger partial charge in [-0.15, -0.1) is 0 Å². The summed E-state index contributed by atoms with van der Waals surface area (Å²) in [5.41, 5.74) is 1.13. The molecule has 0 aliphatic heterocycles. The highest BCUT2D eigenvalue weighted by Gasteiger charge is 1.97. The molecule has 1 N–H and O–H groups in total. The average Bonchev–Trinajstić information content (AvgIpc) is 2.20. The summed E-state index contributed by atoms with van der Waals surface area (Å²) in [6.45, 7) is 0.803. The number of rotatable bonds is 6. The molecule has 3 nitrogen and oxygen atoms in total. The monoisotopic (exact) mass is 228 g/mol. The summed E-state index contributed by atoms with van der Waals surface area (Å²) in [6, 6.07) is 7.52. The zero-order valence-electron chi connectivity index (χ0n) is 8.28. The molecule has 0 aromatic heterocycles. The molecule has 1 rings (SSSR count). The van der Waals surface area contributed by atoms with E-state index in [4.69, 9.17) is 21.4 Å². The maximum absolute atomic E-state index is 10.2. The van der Waals surface area contributed by atoms with Crippen molar-refractivity contribution >= 4 is 17.6 Å². The van der Waals surface area contributed by atoms with Gasteiger partial charge < -0.3 is 9.84 Å². The number of hydrogen-bond donors (Lipinski definition) is 1. The molecule has 0 heterocycles. The van der Waals surface area contributed by atoms with E-state index in [1.807, 2.05) is 24.3 Å². The summed E-state index contributed by atoms with van der Waals surface area (Å²) in [4.78, 5) is 10.2. The van der Waals surface area contributed by atoms with Crippen LogP contribution in [0.5, 0.6) is 0 Å². The fourth-order valence-electron chi connectivity index (χ4n) is 1.10. The fourth-order valence-corrected chi connectivity index (χ4v) is 1.23. The number of carbonyl (C=O) groups is 1. The first-order valence-corrected chi connectivity index (χ1v) is 5.10. The molecule has 0 amide bonds. The second-order valence-electron chi connectivity index (χ2n) is 3.13. The number of ether oxygens (including phenoxy) is 1. The van der Waals surface area contributed by atoms with Gasteiger partial charge in [0, 0.05) is 5.02 Å². The van der Waals surface area contributed by atoms with Gasteiger partial charge in [0.2, 0.25) is 0 Å². The molecule has 0 aliphatic carbocycles. The lowest BCUT2D eigenvalue weighted by molar-refractivity contribution is -0.138. The van der Waals surface area contributed by atoms with E-state index in [2.05, 4.69) is 0 Å². The van der Waals surface area contributed by atoms with E-state index in [0.29, 0.717) is 11.6 Å². The lowest BCUT2D eigenvalue weighted by Crippen LogP contribution is -2.05. The molecular formula is C11H13ClO3. The minimum absolute atomic E-state index is 0.0562. The number of carboxylic acids is 1. The second-order valence-corrected chi connectivity index (χ2v) is 3.57. The van der Waals surface area contributed by atoms with E-state index in [9.17, 15) is 4.79 Å². The summed E-state index contributed by atoms with van der Waals surface area (Å²) < 4.78 is 5.16. The van der Waals surface area contributed by atoms with Crippen LogP contribution >= 0.6 is 11.6 Å². The molecule has 0 unspecified atom stereocenters. The minimum atomic E-state index is -0.832. The molecule has 0 aliphatic rings. The van der Waals surface area contributed by atoms with Gasteiger partial charge in [0.25, 0.3) is 0 Å². The molecule has 0 atom stereocenters. The van der Waals surface area contributed by atoms with Crippen LogP contribution in [-0.4, -0.2) is 24.3 Å². The van der Waals surface area contributed by atoms with Crippen LogP contribution in [0, 0.1) is 0 Å². The van der Waals surface area contributed by atoms with Crippen LogP contribution in [0.25, 0.3) is 0 Å². The lowest BCUT2D eigenvalue weighted by atomic mass is 10.2. The highest BCUT2D eigenvalue weighted by Crippen LogP contribution is 2.09. The Bertz CT molecular complexity index is 308. The SMILES string of the molecule is O=C(O)CCOCCc1ccc(Cl)cc1. The molecule has 0 fully saturated rings. The Morgan fingerprint density at radius 1 is 1.27 bits per heavy atom. The molecule has 0 radical (unpaired) electrons. The molecule has 1 aromatic rings. The topological polar surface area (TPSA) is 46.5 Å². The standard InChI is InChI=1S/C11H13ClO3/c12-10-3-1-9(2-4-10)5-7-15-8-6-11(13)14/h1-4H,5-8H2,(H,13,14). The van der Waals surface area contributed by atoms with Crippen molar-refractivity contribution in [1.29, 1.82) is 0 Å². The molecule has 1 aromatic carbocycles. The molecule has 0 bridgehead atoms. The van der Waals surface area contributed by atoms with Gasteiger partial charge >= 0.3 is 5.97 Å². The minimum Gasteiger partial charge on any atom is -0.481 e. The first-order valence-electron chi connectivity index (χ1n) is 4.72. The van der Waals surface area contributed by atoms with Crippen molar-refractivity contribution in [3.05, 3.63) is 34.9 Å². The number of carboxylic acid groups (broad SMARTS) is 1.